The fourth-order valence-electron chi connectivity index (χ4n) is 6.01. The van der Waals surface area contributed by atoms with E-state index < -0.39 is 11.7 Å². The van der Waals surface area contributed by atoms with Crippen LogP contribution in [-0.4, -0.2) is 85.5 Å². The summed E-state index contributed by atoms with van der Waals surface area (Å²) in [6.45, 7) is 8.80. The molecule has 1 N–H and O–H groups in total. The number of amides is 1. The molecule has 3 aliphatic rings. The van der Waals surface area contributed by atoms with Crippen molar-refractivity contribution in [1.82, 2.24) is 14.8 Å². The lowest BCUT2D eigenvalue weighted by atomic mass is 9.99. The first kappa shape index (κ1) is 29.4. The van der Waals surface area contributed by atoms with Crippen LogP contribution in [0.5, 0.6) is 5.75 Å². The van der Waals surface area contributed by atoms with Gasteiger partial charge in [-0.05, 0) is 44.4 Å². The van der Waals surface area contributed by atoms with E-state index in [9.17, 15) is 18.0 Å². The Balaban J connectivity index is 1.32. The van der Waals surface area contributed by atoms with Crippen LogP contribution in [0.4, 0.5) is 18.9 Å². The van der Waals surface area contributed by atoms with Gasteiger partial charge in [0, 0.05) is 79.2 Å². The normalized spacial score (nSPS) is 19.1. The number of aromatic nitrogens is 1. The molecule has 0 unspecified atom stereocenters. The molecule has 2 fully saturated rings. The number of methoxy groups -OCH3 is 1. The van der Waals surface area contributed by atoms with Crippen molar-refractivity contribution >= 4 is 17.2 Å². The van der Waals surface area contributed by atoms with Gasteiger partial charge in [-0.1, -0.05) is 19.1 Å². The molecule has 1 aromatic heterocycles. The number of hydrogen-bond acceptors (Lipinski definition) is 6. The fraction of sp³-hybridized carbons (Fsp3) is 0.548. The number of anilines is 1. The molecule has 41 heavy (non-hydrogen) atoms. The van der Waals surface area contributed by atoms with Gasteiger partial charge in [-0.2, -0.15) is 13.2 Å². The number of halogens is 3. The summed E-state index contributed by atoms with van der Waals surface area (Å²) in [6.07, 6.45) is -0.0540. The molecule has 1 amide bonds. The second-order valence-corrected chi connectivity index (χ2v) is 11.1. The SMILES string of the molecule is CC[C@H](C)Nc1cc(Cc2ccc(C(=O)N3CCC(N4CCOCC4)CC3)cc2OC)nc2c1C(C(F)(F)F)=CC2. The van der Waals surface area contributed by atoms with Gasteiger partial charge in [-0.15, -0.1) is 0 Å². The van der Waals surface area contributed by atoms with E-state index in [0.29, 0.717) is 53.9 Å². The number of morpholine rings is 1. The zero-order chi connectivity index (χ0) is 29.1. The van der Waals surface area contributed by atoms with Crippen LogP contribution in [0, 0.1) is 0 Å². The Morgan fingerprint density at radius 3 is 2.56 bits per heavy atom. The van der Waals surface area contributed by atoms with Crippen LogP contribution in [0.25, 0.3) is 5.57 Å². The fourth-order valence-corrected chi connectivity index (χ4v) is 6.01. The van der Waals surface area contributed by atoms with Gasteiger partial charge in [0.25, 0.3) is 5.91 Å². The minimum absolute atomic E-state index is 0.00296. The smallest absolute Gasteiger partial charge is 0.416 e. The number of piperidine rings is 1. The minimum Gasteiger partial charge on any atom is -0.496 e. The summed E-state index contributed by atoms with van der Waals surface area (Å²) < 4.78 is 52.4. The number of hydrogen-bond donors (Lipinski definition) is 1. The van der Waals surface area contributed by atoms with Gasteiger partial charge in [0.2, 0.25) is 0 Å². The predicted molar refractivity (Wildman–Crippen MR) is 152 cm³/mol. The van der Waals surface area contributed by atoms with Gasteiger partial charge < -0.3 is 19.7 Å². The highest BCUT2D eigenvalue weighted by molar-refractivity contribution is 5.95. The number of ether oxygens (including phenoxy) is 2. The number of rotatable bonds is 8. The topological polar surface area (TPSA) is 66.9 Å². The Hall–Kier alpha value is -3.11. The molecular weight excluding hydrogens is 533 g/mol. The number of likely N-dealkylation sites (tertiary alicyclic amines) is 1. The van der Waals surface area contributed by atoms with Gasteiger partial charge in [0.1, 0.15) is 5.75 Å². The number of carbonyl (C=O) groups excluding carboxylic acids is 1. The molecule has 0 saturated carbocycles. The van der Waals surface area contributed by atoms with Crippen molar-refractivity contribution in [3.63, 3.8) is 0 Å². The van der Waals surface area contributed by atoms with E-state index in [2.05, 4.69) is 15.2 Å². The van der Waals surface area contributed by atoms with Gasteiger partial charge in [-0.25, -0.2) is 0 Å². The summed E-state index contributed by atoms with van der Waals surface area (Å²) in [4.78, 5) is 22.4. The number of carbonyl (C=O) groups is 1. The molecule has 7 nitrogen and oxygen atoms in total. The average molecular weight is 573 g/mol. The quantitative estimate of drug-likeness (QED) is 0.462. The standard InChI is InChI=1S/C31H39F3N4O3/c1-4-20(2)35-27-19-23(36-26-8-7-25(29(26)27)31(32,33)34)17-21-5-6-22(18-28(21)40-3)30(39)38-11-9-24(10-12-38)37-13-15-41-16-14-37/h5-7,18-20,24H,4,8-17H2,1-3H3,(H,35,36)/t20-/m0/s1. The van der Waals surface area contributed by atoms with Crippen LogP contribution in [0.3, 0.4) is 0 Å². The van der Waals surface area contributed by atoms with Crippen molar-refractivity contribution < 1.29 is 27.4 Å². The van der Waals surface area contributed by atoms with Crippen LogP contribution in [-0.2, 0) is 17.6 Å². The largest absolute Gasteiger partial charge is 0.496 e. The molecule has 2 aliphatic heterocycles. The molecule has 5 rings (SSSR count). The van der Waals surface area contributed by atoms with Crippen LogP contribution in [0.1, 0.15) is 66.0 Å². The Morgan fingerprint density at radius 2 is 1.90 bits per heavy atom. The summed E-state index contributed by atoms with van der Waals surface area (Å²) in [5.74, 6) is 0.545. The molecule has 0 spiro atoms. The van der Waals surface area contributed by atoms with E-state index in [0.717, 1.165) is 51.1 Å². The number of allylic oxidation sites excluding steroid dienone is 2. The molecule has 222 valence electrons. The van der Waals surface area contributed by atoms with Crippen molar-refractivity contribution in [2.45, 2.75) is 64.2 Å². The molecule has 0 radical (unpaired) electrons. The molecule has 1 atom stereocenters. The van der Waals surface area contributed by atoms with Gasteiger partial charge in [0.15, 0.2) is 0 Å². The second-order valence-electron chi connectivity index (χ2n) is 11.1. The number of nitrogens with zero attached hydrogens (tertiary/aromatic N) is 3. The van der Waals surface area contributed by atoms with Crippen molar-refractivity contribution in [1.29, 1.82) is 0 Å². The maximum Gasteiger partial charge on any atom is 0.416 e. The Bertz CT molecular complexity index is 1280. The molecule has 10 heteroatoms. The summed E-state index contributed by atoms with van der Waals surface area (Å²) >= 11 is 0. The van der Waals surface area contributed by atoms with E-state index in [1.807, 2.05) is 30.9 Å². The third-order valence-electron chi connectivity index (χ3n) is 8.46. The van der Waals surface area contributed by atoms with Gasteiger partial charge >= 0.3 is 6.18 Å². The van der Waals surface area contributed by atoms with E-state index >= 15 is 0 Å². The monoisotopic (exact) mass is 572 g/mol. The van der Waals surface area contributed by atoms with Gasteiger partial charge in [-0.3, -0.25) is 14.7 Å². The van der Waals surface area contributed by atoms with Crippen LogP contribution >= 0.6 is 0 Å². The summed E-state index contributed by atoms with van der Waals surface area (Å²) in [5, 5.41) is 3.26. The number of nitrogens with one attached hydrogen (secondary N) is 1. The summed E-state index contributed by atoms with van der Waals surface area (Å²) in [6, 6.07) is 7.64. The first-order valence-corrected chi connectivity index (χ1v) is 14.5. The molecular formula is C31H39F3N4O3. The predicted octanol–water partition coefficient (Wildman–Crippen LogP) is 5.33. The molecule has 2 saturated heterocycles. The number of pyridine rings is 1. The summed E-state index contributed by atoms with van der Waals surface area (Å²) in [5.41, 5.74) is 2.42. The van der Waals surface area contributed by atoms with Crippen LogP contribution in [0.2, 0.25) is 0 Å². The van der Waals surface area contributed by atoms with Crippen molar-refractivity contribution in [2.24, 2.45) is 0 Å². The molecule has 1 aromatic carbocycles. The van der Waals surface area contributed by atoms with Crippen LogP contribution in [0.15, 0.2) is 30.3 Å². The van der Waals surface area contributed by atoms with Crippen molar-refractivity contribution in [3.05, 3.63) is 58.4 Å². The van der Waals surface area contributed by atoms with E-state index in [1.54, 1.807) is 19.2 Å². The highest BCUT2D eigenvalue weighted by atomic mass is 19.4. The number of alkyl halides is 3. The first-order chi connectivity index (χ1) is 19.7. The minimum atomic E-state index is -4.44. The Kier molecular flexibility index (Phi) is 8.89. The average Bonchev–Trinajstić information content (AvgIpc) is 3.43. The maximum absolute atomic E-state index is 13.7. The molecule has 2 aromatic rings. The Morgan fingerprint density at radius 1 is 1.17 bits per heavy atom. The number of fused-ring (bicyclic) bond motifs is 1. The molecule has 3 heterocycles. The third kappa shape index (κ3) is 6.54. The Labute approximate surface area is 239 Å². The lowest BCUT2D eigenvalue weighted by Crippen LogP contribution is -2.50. The molecule has 1 aliphatic carbocycles. The van der Waals surface area contributed by atoms with Crippen LogP contribution < -0.4 is 10.1 Å². The molecule has 0 bridgehead atoms. The van der Waals surface area contributed by atoms with Gasteiger partial charge in [0.05, 0.1) is 31.6 Å². The highest BCUT2D eigenvalue weighted by Crippen LogP contribution is 2.43. The first-order valence-electron chi connectivity index (χ1n) is 14.5. The maximum atomic E-state index is 13.7. The lowest BCUT2D eigenvalue weighted by molar-refractivity contribution is -0.0687. The van der Waals surface area contributed by atoms with Crippen molar-refractivity contribution in [2.75, 3.05) is 51.8 Å². The third-order valence-corrected chi connectivity index (χ3v) is 8.46. The summed E-state index contributed by atoms with van der Waals surface area (Å²) in [7, 11) is 1.56. The van der Waals surface area contributed by atoms with E-state index in [1.165, 1.54) is 6.08 Å². The number of benzene rings is 1. The van der Waals surface area contributed by atoms with E-state index in [4.69, 9.17) is 9.47 Å². The highest BCUT2D eigenvalue weighted by Gasteiger charge is 2.40. The lowest BCUT2D eigenvalue weighted by Gasteiger charge is -2.40. The zero-order valence-corrected chi connectivity index (χ0v) is 24.0. The van der Waals surface area contributed by atoms with E-state index in [-0.39, 0.29) is 23.9 Å². The zero-order valence-electron chi connectivity index (χ0n) is 24.0. The second kappa shape index (κ2) is 12.4. The van der Waals surface area contributed by atoms with Crippen molar-refractivity contribution in [3.8, 4) is 5.75 Å².